The highest BCUT2D eigenvalue weighted by Gasteiger charge is 2.25. The lowest BCUT2D eigenvalue weighted by Crippen LogP contribution is -2.55. The van der Waals surface area contributed by atoms with Gasteiger partial charge >= 0.3 is 6.03 Å². The Morgan fingerprint density at radius 3 is 2.50 bits per heavy atom. The van der Waals surface area contributed by atoms with Gasteiger partial charge in [-0.05, 0) is 19.3 Å². The van der Waals surface area contributed by atoms with E-state index in [-0.39, 0.29) is 11.9 Å². The summed E-state index contributed by atoms with van der Waals surface area (Å²) in [5, 5.41) is 14.5. The maximum Gasteiger partial charge on any atom is 0.317 e. The lowest BCUT2D eigenvalue weighted by atomic mass is 9.93. The van der Waals surface area contributed by atoms with Gasteiger partial charge < -0.3 is 21.2 Å². The van der Waals surface area contributed by atoms with Gasteiger partial charge in [0, 0.05) is 32.2 Å². The fraction of sp³-hybridized carbons (Fsp3) is 0.818. The van der Waals surface area contributed by atoms with Crippen molar-refractivity contribution in [2.24, 2.45) is 10.9 Å². The number of amides is 2. The average molecular weight is 255 g/mol. The van der Waals surface area contributed by atoms with E-state index in [0.717, 1.165) is 25.9 Å². The predicted octanol–water partition coefficient (Wildman–Crippen LogP) is -0.387. The van der Waals surface area contributed by atoms with E-state index in [0.29, 0.717) is 25.7 Å². The first-order chi connectivity index (χ1) is 8.69. The Balaban J connectivity index is 1.70. The topological polar surface area (TPSA) is 94.2 Å². The first-order valence-electron chi connectivity index (χ1n) is 6.43. The Kier molecular flexibility index (Phi) is 4.24. The van der Waals surface area contributed by atoms with Crippen LogP contribution in [0.4, 0.5) is 4.79 Å². The number of nitrogens with one attached hydrogen (secondary N) is 1. The first kappa shape index (κ1) is 12.9. The molecule has 0 spiro atoms. The maximum absolute atomic E-state index is 11.9. The smallest absolute Gasteiger partial charge is 0.317 e. The Morgan fingerprint density at radius 1 is 1.33 bits per heavy atom. The van der Waals surface area contributed by atoms with E-state index in [1.165, 1.54) is 6.42 Å². The quantitative estimate of drug-likeness (QED) is 0.277. The van der Waals surface area contributed by atoms with Crippen LogP contribution in [0.15, 0.2) is 5.16 Å². The summed E-state index contributed by atoms with van der Waals surface area (Å²) in [5.74, 6) is 0.211. The highest BCUT2D eigenvalue weighted by molar-refractivity contribution is 5.81. The molecule has 1 heterocycles. The third kappa shape index (κ3) is 3.25. The number of urea groups is 1. The van der Waals surface area contributed by atoms with Gasteiger partial charge in [-0.2, -0.15) is 0 Å². The van der Waals surface area contributed by atoms with E-state index in [1.54, 1.807) is 0 Å². The molecule has 2 rings (SSSR count). The van der Waals surface area contributed by atoms with Crippen LogP contribution in [0.3, 0.4) is 0 Å². The molecule has 0 aromatic rings. The van der Waals surface area contributed by atoms with Crippen LogP contribution in [-0.4, -0.2) is 65.6 Å². The molecule has 2 aliphatic rings. The molecule has 0 aromatic carbocycles. The molecule has 1 saturated heterocycles. The van der Waals surface area contributed by atoms with E-state index in [4.69, 9.17) is 10.9 Å². The Bertz CT molecular complexity index is 321. The minimum absolute atomic E-state index is 0.0446. The lowest BCUT2D eigenvalue weighted by Gasteiger charge is -2.36. The summed E-state index contributed by atoms with van der Waals surface area (Å²) in [4.78, 5) is 15.8. The van der Waals surface area contributed by atoms with Crippen molar-refractivity contribution >= 4 is 11.9 Å². The fourth-order valence-electron chi connectivity index (χ4n) is 2.19. The summed E-state index contributed by atoms with van der Waals surface area (Å²) in [7, 11) is 0. The van der Waals surface area contributed by atoms with Gasteiger partial charge in [-0.15, -0.1) is 0 Å². The number of carbonyl (C=O) groups is 1. The number of carbonyl (C=O) groups excluding carboxylic acids is 1. The molecule has 0 atom stereocenters. The number of oxime groups is 1. The number of piperazine rings is 1. The SMILES string of the molecule is NC(CN1CCN(C(=O)NC2CCC2)CC1)=NO. The van der Waals surface area contributed by atoms with Gasteiger partial charge in [0.05, 0.1) is 6.54 Å². The zero-order chi connectivity index (χ0) is 13.0. The second kappa shape index (κ2) is 5.90. The fourth-order valence-corrected chi connectivity index (χ4v) is 2.19. The second-order valence-electron chi connectivity index (χ2n) is 4.93. The van der Waals surface area contributed by atoms with Crippen LogP contribution in [-0.2, 0) is 0 Å². The summed E-state index contributed by atoms with van der Waals surface area (Å²) in [6, 6.07) is 0.427. The Labute approximate surface area is 107 Å². The molecule has 4 N–H and O–H groups in total. The zero-order valence-electron chi connectivity index (χ0n) is 10.5. The van der Waals surface area contributed by atoms with Gasteiger partial charge in [-0.1, -0.05) is 5.16 Å². The van der Waals surface area contributed by atoms with E-state index in [9.17, 15) is 4.79 Å². The number of rotatable bonds is 3. The van der Waals surface area contributed by atoms with Gasteiger partial charge in [-0.3, -0.25) is 4.90 Å². The van der Waals surface area contributed by atoms with Crippen LogP contribution in [0.2, 0.25) is 0 Å². The first-order valence-corrected chi connectivity index (χ1v) is 6.43. The van der Waals surface area contributed by atoms with Crippen molar-refractivity contribution in [3.05, 3.63) is 0 Å². The molecule has 0 aromatic heterocycles. The van der Waals surface area contributed by atoms with E-state index in [1.807, 2.05) is 4.90 Å². The number of hydrogen-bond donors (Lipinski definition) is 3. The molecular weight excluding hydrogens is 234 g/mol. The average Bonchev–Trinajstić information content (AvgIpc) is 2.34. The molecule has 1 aliphatic carbocycles. The predicted molar refractivity (Wildman–Crippen MR) is 67.6 cm³/mol. The molecule has 2 amide bonds. The highest BCUT2D eigenvalue weighted by atomic mass is 16.4. The standard InChI is InChI=1S/C11H21N5O2/c12-10(14-18)8-15-4-6-16(7-5-15)11(17)13-9-2-1-3-9/h9,18H,1-8H2,(H2,12,14)(H,13,17). The third-order valence-electron chi connectivity index (χ3n) is 3.61. The summed E-state index contributed by atoms with van der Waals surface area (Å²) in [5.41, 5.74) is 5.46. The molecule has 0 bridgehead atoms. The van der Waals surface area contributed by atoms with Gasteiger partial charge in [-0.25, -0.2) is 4.79 Å². The minimum Gasteiger partial charge on any atom is -0.409 e. The van der Waals surface area contributed by atoms with Crippen LogP contribution in [0.5, 0.6) is 0 Å². The van der Waals surface area contributed by atoms with Crippen molar-refractivity contribution in [1.82, 2.24) is 15.1 Å². The van der Waals surface area contributed by atoms with Crippen molar-refractivity contribution in [1.29, 1.82) is 0 Å². The zero-order valence-corrected chi connectivity index (χ0v) is 10.5. The van der Waals surface area contributed by atoms with Crippen molar-refractivity contribution in [2.75, 3.05) is 32.7 Å². The summed E-state index contributed by atoms with van der Waals surface area (Å²) in [6.07, 6.45) is 3.43. The normalized spacial score (nSPS) is 22.7. The van der Waals surface area contributed by atoms with Crippen LogP contribution >= 0.6 is 0 Å². The number of nitrogens with zero attached hydrogens (tertiary/aromatic N) is 3. The largest absolute Gasteiger partial charge is 0.409 e. The molecule has 2 fully saturated rings. The number of nitrogens with two attached hydrogens (primary N) is 1. The second-order valence-corrected chi connectivity index (χ2v) is 4.93. The Hall–Kier alpha value is -1.50. The molecule has 7 nitrogen and oxygen atoms in total. The van der Waals surface area contributed by atoms with E-state index in [2.05, 4.69) is 15.4 Å². The monoisotopic (exact) mass is 255 g/mol. The van der Waals surface area contributed by atoms with Crippen molar-refractivity contribution in [3.63, 3.8) is 0 Å². The third-order valence-corrected chi connectivity index (χ3v) is 3.61. The molecular formula is C11H21N5O2. The number of hydrogen-bond acceptors (Lipinski definition) is 4. The highest BCUT2D eigenvalue weighted by Crippen LogP contribution is 2.18. The van der Waals surface area contributed by atoms with Crippen molar-refractivity contribution in [2.45, 2.75) is 25.3 Å². The van der Waals surface area contributed by atoms with Gasteiger partial charge in [0.2, 0.25) is 0 Å². The van der Waals surface area contributed by atoms with Crippen LogP contribution in [0.25, 0.3) is 0 Å². The minimum atomic E-state index is 0.0446. The summed E-state index contributed by atoms with van der Waals surface area (Å²) in [6.45, 7) is 3.35. The maximum atomic E-state index is 11.9. The van der Waals surface area contributed by atoms with Gasteiger partial charge in [0.1, 0.15) is 0 Å². The molecule has 1 aliphatic heterocycles. The van der Waals surface area contributed by atoms with Crippen LogP contribution < -0.4 is 11.1 Å². The van der Waals surface area contributed by atoms with Crippen molar-refractivity contribution < 1.29 is 10.0 Å². The van der Waals surface area contributed by atoms with E-state index < -0.39 is 0 Å². The molecule has 0 radical (unpaired) electrons. The van der Waals surface area contributed by atoms with Gasteiger partial charge in [0.15, 0.2) is 5.84 Å². The molecule has 7 heteroatoms. The van der Waals surface area contributed by atoms with Crippen LogP contribution in [0.1, 0.15) is 19.3 Å². The van der Waals surface area contributed by atoms with Crippen LogP contribution in [0, 0.1) is 0 Å². The lowest BCUT2D eigenvalue weighted by molar-refractivity contribution is 0.142. The molecule has 1 saturated carbocycles. The molecule has 18 heavy (non-hydrogen) atoms. The van der Waals surface area contributed by atoms with Crippen molar-refractivity contribution in [3.8, 4) is 0 Å². The Morgan fingerprint density at radius 2 is 2.00 bits per heavy atom. The molecule has 102 valence electrons. The summed E-state index contributed by atoms with van der Waals surface area (Å²) < 4.78 is 0. The van der Waals surface area contributed by atoms with E-state index >= 15 is 0 Å². The molecule has 0 unspecified atom stereocenters. The number of amidine groups is 1. The van der Waals surface area contributed by atoms with Gasteiger partial charge in [0.25, 0.3) is 0 Å². The summed E-state index contributed by atoms with van der Waals surface area (Å²) >= 11 is 0.